The number of hydrogen-bond acceptors (Lipinski definition) is 4. The molecule has 0 aromatic heterocycles. The summed E-state index contributed by atoms with van der Waals surface area (Å²) in [6.07, 6.45) is 1.33. The van der Waals surface area contributed by atoms with Crippen molar-refractivity contribution in [2.75, 3.05) is 52.5 Å². The number of rotatable bonds is 6. The second-order valence-electron chi connectivity index (χ2n) is 6.26. The Labute approximate surface area is 118 Å². The molecule has 2 aliphatic heterocycles. The van der Waals surface area contributed by atoms with Gasteiger partial charge in [-0.05, 0) is 25.4 Å². The summed E-state index contributed by atoms with van der Waals surface area (Å²) < 4.78 is 5.45. The van der Waals surface area contributed by atoms with Gasteiger partial charge in [-0.25, -0.2) is 0 Å². The summed E-state index contributed by atoms with van der Waals surface area (Å²) in [6.45, 7) is 15.7. The second kappa shape index (κ2) is 7.58. The third-order valence-corrected chi connectivity index (χ3v) is 4.54. The maximum Gasteiger partial charge on any atom is 0.0594 e. The molecule has 0 saturated carbocycles. The fourth-order valence-electron chi connectivity index (χ4n) is 3.27. The average Bonchev–Trinajstić information content (AvgIpc) is 2.88. The van der Waals surface area contributed by atoms with E-state index in [1.165, 1.54) is 26.1 Å². The zero-order valence-corrected chi connectivity index (χ0v) is 12.9. The van der Waals surface area contributed by atoms with Gasteiger partial charge in [0.1, 0.15) is 0 Å². The molecule has 0 bridgehead atoms. The highest BCUT2D eigenvalue weighted by molar-refractivity contribution is 4.87. The molecular formula is C15H31N3O. The van der Waals surface area contributed by atoms with Crippen LogP contribution in [-0.2, 0) is 4.74 Å². The summed E-state index contributed by atoms with van der Waals surface area (Å²) in [6, 6.07) is 1.40. The lowest BCUT2D eigenvalue weighted by atomic mass is 10.0. The van der Waals surface area contributed by atoms with E-state index in [2.05, 4.69) is 35.9 Å². The molecule has 1 N–H and O–H groups in total. The third-order valence-electron chi connectivity index (χ3n) is 4.54. The van der Waals surface area contributed by atoms with Crippen LogP contribution in [0.4, 0.5) is 0 Å². The zero-order chi connectivity index (χ0) is 13.7. The van der Waals surface area contributed by atoms with Crippen molar-refractivity contribution >= 4 is 0 Å². The molecule has 2 rings (SSSR count). The number of nitrogens with one attached hydrogen (secondary N) is 1. The number of hydrogen-bond donors (Lipinski definition) is 1. The molecule has 2 aliphatic rings. The van der Waals surface area contributed by atoms with Crippen LogP contribution in [0.5, 0.6) is 0 Å². The van der Waals surface area contributed by atoms with Crippen molar-refractivity contribution in [2.24, 2.45) is 5.92 Å². The Balaban J connectivity index is 1.77. The molecule has 0 aromatic rings. The highest BCUT2D eigenvalue weighted by atomic mass is 16.5. The van der Waals surface area contributed by atoms with Crippen LogP contribution in [0, 0.1) is 5.92 Å². The maximum atomic E-state index is 5.45. The minimum atomic E-state index is 0.633. The Bertz CT molecular complexity index is 254. The smallest absolute Gasteiger partial charge is 0.0594 e. The molecular weight excluding hydrogens is 238 g/mol. The van der Waals surface area contributed by atoms with Crippen LogP contribution in [0.2, 0.25) is 0 Å². The lowest BCUT2D eigenvalue weighted by Gasteiger charge is -2.33. The van der Waals surface area contributed by atoms with Gasteiger partial charge in [0.25, 0.3) is 0 Å². The first-order valence-corrected chi connectivity index (χ1v) is 7.98. The fourth-order valence-corrected chi connectivity index (χ4v) is 3.27. The molecule has 2 fully saturated rings. The van der Waals surface area contributed by atoms with E-state index in [0.717, 1.165) is 38.9 Å². The number of likely N-dealkylation sites (tertiary alicyclic amines) is 1. The van der Waals surface area contributed by atoms with E-state index >= 15 is 0 Å². The Morgan fingerprint density at radius 1 is 1.21 bits per heavy atom. The summed E-state index contributed by atoms with van der Waals surface area (Å²) in [5.74, 6) is 0.711. The van der Waals surface area contributed by atoms with Crippen LogP contribution < -0.4 is 5.32 Å². The third kappa shape index (κ3) is 4.42. The van der Waals surface area contributed by atoms with Crippen LogP contribution >= 0.6 is 0 Å². The summed E-state index contributed by atoms with van der Waals surface area (Å²) in [7, 11) is 0. The first-order chi connectivity index (χ1) is 9.20. The van der Waals surface area contributed by atoms with Gasteiger partial charge in [0.05, 0.1) is 13.2 Å². The summed E-state index contributed by atoms with van der Waals surface area (Å²) in [5.41, 5.74) is 0. The van der Waals surface area contributed by atoms with Gasteiger partial charge < -0.3 is 15.0 Å². The summed E-state index contributed by atoms with van der Waals surface area (Å²) in [4.78, 5) is 5.27. The van der Waals surface area contributed by atoms with E-state index in [1.807, 2.05) is 0 Å². The molecule has 4 nitrogen and oxygen atoms in total. The van der Waals surface area contributed by atoms with Gasteiger partial charge in [-0.2, -0.15) is 0 Å². The molecule has 2 saturated heterocycles. The van der Waals surface area contributed by atoms with Crippen LogP contribution in [0.15, 0.2) is 0 Å². The van der Waals surface area contributed by atoms with E-state index in [0.29, 0.717) is 12.0 Å². The highest BCUT2D eigenvalue weighted by Gasteiger charge is 2.30. The Morgan fingerprint density at radius 3 is 2.58 bits per heavy atom. The van der Waals surface area contributed by atoms with Crippen molar-refractivity contribution in [1.29, 1.82) is 0 Å². The normalized spacial score (nSPS) is 28.1. The molecule has 0 radical (unpaired) electrons. The van der Waals surface area contributed by atoms with Gasteiger partial charge in [-0.15, -0.1) is 0 Å². The van der Waals surface area contributed by atoms with E-state index in [1.54, 1.807) is 0 Å². The quantitative estimate of drug-likeness (QED) is 0.779. The van der Waals surface area contributed by atoms with Crippen LogP contribution in [0.3, 0.4) is 0 Å². The second-order valence-corrected chi connectivity index (χ2v) is 6.26. The molecule has 4 heteroatoms. The van der Waals surface area contributed by atoms with E-state index in [9.17, 15) is 0 Å². The fraction of sp³-hybridized carbons (Fsp3) is 1.00. The van der Waals surface area contributed by atoms with E-state index < -0.39 is 0 Å². The van der Waals surface area contributed by atoms with Crippen molar-refractivity contribution in [3.8, 4) is 0 Å². The molecule has 0 aromatic carbocycles. The number of ether oxygens (including phenoxy) is 1. The average molecular weight is 269 g/mol. The summed E-state index contributed by atoms with van der Waals surface area (Å²) >= 11 is 0. The van der Waals surface area contributed by atoms with E-state index in [4.69, 9.17) is 4.74 Å². The molecule has 2 heterocycles. The predicted molar refractivity (Wildman–Crippen MR) is 79.5 cm³/mol. The first-order valence-electron chi connectivity index (χ1n) is 7.98. The van der Waals surface area contributed by atoms with Gasteiger partial charge in [0.2, 0.25) is 0 Å². The van der Waals surface area contributed by atoms with Crippen molar-refractivity contribution in [3.63, 3.8) is 0 Å². The Kier molecular flexibility index (Phi) is 6.07. The Hall–Kier alpha value is -0.160. The van der Waals surface area contributed by atoms with Gasteiger partial charge in [-0.3, -0.25) is 4.90 Å². The molecule has 112 valence electrons. The van der Waals surface area contributed by atoms with Crippen molar-refractivity contribution < 1.29 is 4.74 Å². The van der Waals surface area contributed by atoms with Crippen molar-refractivity contribution in [2.45, 2.75) is 39.3 Å². The highest BCUT2D eigenvalue weighted by Crippen LogP contribution is 2.18. The maximum absolute atomic E-state index is 5.45. The van der Waals surface area contributed by atoms with Crippen LogP contribution in [-0.4, -0.2) is 74.4 Å². The number of nitrogens with zero attached hydrogens (tertiary/aromatic N) is 2. The standard InChI is InChI=1S/C15H31N3O/c1-4-16-15(13(2)3)12-17-6-5-14(11-17)18-7-9-19-10-8-18/h13-16H,4-12H2,1-3H3. The molecule has 0 aliphatic carbocycles. The van der Waals surface area contributed by atoms with Gasteiger partial charge >= 0.3 is 0 Å². The Morgan fingerprint density at radius 2 is 1.95 bits per heavy atom. The lowest BCUT2D eigenvalue weighted by molar-refractivity contribution is 0.0182. The molecule has 0 amide bonds. The minimum absolute atomic E-state index is 0.633. The number of morpholine rings is 1. The monoisotopic (exact) mass is 269 g/mol. The van der Waals surface area contributed by atoms with E-state index in [-0.39, 0.29) is 0 Å². The predicted octanol–water partition coefficient (Wildman–Crippen LogP) is 1.03. The molecule has 0 spiro atoms. The molecule has 2 unspecified atom stereocenters. The van der Waals surface area contributed by atoms with Crippen molar-refractivity contribution in [3.05, 3.63) is 0 Å². The van der Waals surface area contributed by atoms with Gasteiger partial charge in [-0.1, -0.05) is 20.8 Å². The molecule has 19 heavy (non-hydrogen) atoms. The zero-order valence-electron chi connectivity index (χ0n) is 12.9. The topological polar surface area (TPSA) is 27.7 Å². The SMILES string of the molecule is CCNC(CN1CCC(N2CCOCC2)C1)C(C)C. The van der Waals surface area contributed by atoms with Crippen molar-refractivity contribution in [1.82, 2.24) is 15.1 Å². The van der Waals surface area contributed by atoms with Gasteiger partial charge in [0, 0.05) is 38.3 Å². The van der Waals surface area contributed by atoms with Crippen LogP contribution in [0.25, 0.3) is 0 Å². The van der Waals surface area contributed by atoms with Crippen LogP contribution in [0.1, 0.15) is 27.2 Å². The first kappa shape index (κ1) is 15.2. The lowest BCUT2D eigenvalue weighted by Crippen LogP contribution is -2.47. The largest absolute Gasteiger partial charge is 0.379 e. The summed E-state index contributed by atoms with van der Waals surface area (Å²) in [5, 5.41) is 3.63. The molecule has 2 atom stereocenters. The van der Waals surface area contributed by atoms with Gasteiger partial charge in [0.15, 0.2) is 0 Å². The minimum Gasteiger partial charge on any atom is -0.379 e. The number of likely N-dealkylation sites (N-methyl/N-ethyl adjacent to an activating group) is 1.